The van der Waals surface area contributed by atoms with E-state index in [4.69, 9.17) is 0 Å². The minimum Gasteiger partial charge on any atom is -0.336 e. The predicted octanol–water partition coefficient (Wildman–Crippen LogP) is 0.734. The van der Waals surface area contributed by atoms with Crippen LogP contribution in [-0.2, 0) is 20.6 Å². The summed E-state index contributed by atoms with van der Waals surface area (Å²) in [6.45, 7) is 2.42. The molecule has 6 heteroatoms. The maximum Gasteiger partial charge on any atom is 0.257 e. The molecule has 96 valence electrons. The van der Waals surface area contributed by atoms with Crippen molar-refractivity contribution in [2.45, 2.75) is 13.5 Å². The molecular formula is C12H17N5O. The van der Waals surface area contributed by atoms with Crippen LogP contribution in [0.15, 0.2) is 18.5 Å². The molecule has 0 radical (unpaired) electrons. The van der Waals surface area contributed by atoms with Gasteiger partial charge in [-0.05, 0) is 13.0 Å². The summed E-state index contributed by atoms with van der Waals surface area (Å²) in [5.41, 5.74) is 2.51. The fourth-order valence-electron chi connectivity index (χ4n) is 1.79. The Morgan fingerprint density at radius 2 is 2.06 bits per heavy atom. The van der Waals surface area contributed by atoms with Crippen LogP contribution >= 0.6 is 0 Å². The smallest absolute Gasteiger partial charge is 0.257 e. The molecule has 0 fully saturated rings. The molecule has 18 heavy (non-hydrogen) atoms. The van der Waals surface area contributed by atoms with Crippen molar-refractivity contribution in [2.75, 3.05) is 7.05 Å². The molecule has 6 nitrogen and oxygen atoms in total. The lowest BCUT2D eigenvalue weighted by molar-refractivity contribution is 0.0781. The molecular weight excluding hydrogens is 230 g/mol. The van der Waals surface area contributed by atoms with Gasteiger partial charge in [-0.25, -0.2) is 0 Å². The molecule has 0 aromatic carbocycles. The van der Waals surface area contributed by atoms with E-state index in [1.807, 2.05) is 27.1 Å². The zero-order valence-corrected chi connectivity index (χ0v) is 11.1. The van der Waals surface area contributed by atoms with Gasteiger partial charge in [0.25, 0.3) is 5.91 Å². The second-order valence-corrected chi connectivity index (χ2v) is 4.37. The number of nitrogens with zero attached hydrogens (tertiary/aromatic N) is 5. The van der Waals surface area contributed by atoms with Gasteiger partial charge in [0.2, 0.25) is 0 Å². The van der Waals surface area contributed by atoms with E-state index in [9.17, 15) is 4.79 Å². The lowest BCUT2D eigenvalue weighted by Crippen LogP contribution is -2.27. The number of aromatic nitrogens is 4. The van der Waals surface area contributed by atoms with Crippen LogP contribution in [0.5, 0.6) is 0 Å². The van der Waals surface area contributed by atoms with Gasteiger partial charge in [-0.15, -0.1) is 0 Å². The number of carbonyl (C=O) groups excluding carboxylic acids is 1. The molecule has 0 N–H and O–H groups in total. The zero-order chi connectivity index (χ0) is 13.3. The van der Waals surface area contributed by atoms with Crippen LogP contribution in [0.2, 0.25) is 0 Å². The van der Waals surface area contributed by atoms with Crippen LogP contribution in [0.25, 0.3) is 0 Å². The molecule has 2 heterocycles. The third-order valence-electron chi connectivity index (χ3n) is 3.13. The van der Waals surface area contributed by atoms with Crippen molar-refractivity contribution in [3.05, 3.63) is 35.4 Å². The Kier molecular flexibility index (Phi) is 3.18. The van der Waals surface area contributed by atoms with Gasteiger partial charge < -0.3 is 4.90 Å². The second-order valence-electron chi connectivity index (χ2n) is 4.37. The van der Waals surface area contributed by atoms with Crippen molar-refractivity contribution >= 4 is 5.91 Å². The minimum absolute atomic E-state index is 0.0261. The van der Waals surface area contributed by atoms with Gasteiger partial charge in [-0.2, -0.15) is 10.2 Å². The van der Waals surface area contributed by atoms with Crippen LogP contribution in [0, 0.1) is 6.92 Å². The lowest BCUT2D eigenvalue weighted by Gasteiger charge is -2.16. The molecule has 0 aliphatic rings. The van der Waals surface area contributed by atoms with Gasteiger partial charge in [0.05, 0.1) is 24.0 Å². The van der Waals surface area contributed by atoms with Crippen LogP contribution < -0.4 is 0 Å². The Morgan fingerprint density at radius 3 is 2.56 bits per heavy atom. The summed E-state index contributed by atoms with van der Waals surface area (Å²) >= 11 is 0. The first-order valence-corrected chi connectivity index (χ1v) is 5.71. The number of amides is 1. The van der Waals surface area contributed by atoms with Crippen LogP contribution in [0.1, 0.15) is 21.7 Å². The summed E-state index contributed by atoms with van der Waals surface area (Å²) in [6, 6.07) is 1.90. The van der Waals surface area contributed by atoms with E-state index < -0.39 is 0 Å². The highest BCUT2D eigenvalue weighted by Crippen LogP contribution is 2.11. The highest BCUT2D eigenvalue weighted by atomic mass is 16.2. The standard InChI is InChI=1S/C12H17N5O/c1-9-11(7-14-16(9)3)12(18)15(2)8-10-5-6-13-17(10)4/h5-7H,8H2,1-4H3. The van der Waals surface area contributed by atoms with Crippen molar-refractivity contribution in [3.63, 3.8) is 0 Å². The summed E-state index contributed by atoms with van der Waals surface area (Å²) in [6.07, 6.45) is 3.33. The van der Waals surface area contributed by atoms with E-state index in [1.54, 1.807) is 33.7 Å². The fraction of sp³-hybridized carbons (Fsp3) is 0.417. The van der Waals surface area contributed by atoms with Crippen molar-refractivity contribution in [2.24, 2.45) is 14.1 Å². The van der Waals surface area contributed by atoms with Gasteiger partial charge in [0, 0.05) is 33.0 Å². The summed E-state index contributed by atoms with van der Waals surface area (Å²) in [5, 5.41) is 8.17. The van der Waals surface area contributed by atoms with E-state index in [1.165, 1.54) is 0 Å². The predicted molar refractivity (Wildman–Crippen MR) is 67.0 cm³/mol. The molecule has 0 saturated carbocycles. The van der Waals surface area contributed by atoms with Crippen LogP contribution in [0.3, 0.4) is 0 Å². The second kappa shape index (κ2) is 4.64. The Labute approximate surface area is 106 Å². The average molecular weight is 247 g/mol. The Balaban J connectivity index is 2.15. The third kappa shape index (κ3) is 2.13. The monoisotopic (exact) mass is 247 g/mol. The van der Waals surface area contributed by atoms with Gasteiger partial charge in [0.1, 0.15) is 0 Å². The SMILES string of the molecule is Cc1c(C(=O)N(C)Cc2ccnn2C)cnn1C. The molecule has 2 aromatic heterocycles. The molecule has 0 bridgehead atoms. The largest absolute Gasteiger partial charge is 0.336 e. The molecule has 0 spiro atoms. The highest BCUT2D eigenvalue weighted by Gasteiger charge is 2.17. The molecule has 0 unspecified atom stereocenters. The van der Waals surface area contributed by atoms with Gasteiger partial charge in [0.15, 0.2) is 0 Å². The lowest BCUT2D eigenvalue weighted by atomic mass is 10.2. The first-order chi connectivity index (χ1) is 8.50. The van der Waals surface area contributed by atoms with E-state index in [0.717, 1.165) is 11.4 Å². The fourth-order valence-corrected chi connectivity index (χ4v) is 1.79. The Bertz CT molecular complexity index is 569. The quantitative estimate of drug-likeness (QED) is 0.803. The topological polar surface area (TPSA) is 56.0 Å². The van der Waals surface area contributed by atoms with Gasteiger partial charge in [-0.1, -0.05) is 0 Å². The van der Waals surface area contributed by atoms with Crippen molar-refractivity contribution in [1.82, 2.24) is 24.5 Å². The van der Waals surface area contributed by atoms with Crippen molar-refractivity contribution < 1.29 is 4.79 Å². The average Bonchev–Trinajstić information content (AvgIpc) is 2.87. The van der Waals surface area contributed by atoms with E-state index in [0.29, 0.717) is 12.1 Å². The van der Waals surface area contributed by atoms with Crippen molar-refractivity contribution in [3.8, 4) is 0 Å². The third-order valence-corrected chi connectivity index (χ3v) is 3.13. The number of hydrogen-bond acceptors (Lipinski definition) is 3. The number of rotatable bonds is 3. The summed E-state index contributed by atoms with van der Waals surface area (Å²) in [4.78, 5) is 13.9. The first kappa shape index (κ1) is 12.3. The van der Waals surface area contributed by atoms with E-state index in [-0.39, 0.29) is 5.91 Å². The highest BCUT2D eigenvalue weighted by molar-refractivity contribution is 5.94. The molecule has 0 atom stereocenters. The molecule has 2 rings (SSSR count). The van der Waals surface area contributed by atoms with E-state index >= 15 is 0 Å². The van der Waals surface area contributed by atoms with Gasteiger partial charge in [-0.3, -0.25) is 14.2 Å². The van der Waals surface area contributed by atoms with Crippen LogP contribution in [-0.4, -0.2) is 37.4 Å². The maximum atomic E-state index is 12.3. The molecule has 0 saturated heterocycles. The number of hydrogen-bond donors (Lipinski definition) is 0. The zero-order valence-electron chi connectivity index (χ0n) is 11.1. The van der Waals surface area contributed by atoms with Gasteiger partial charge >= 0.3 is 0 Å². The van der Waals surface area contributed by atoms with Crippen LogP contribution in [0.4, 0.5) is 0 Å². The van der Waals surface area contributed by atoms with Crippen molar-refractivity contribution in [1.29, 1.82) is 0 Å². The molecule has 2 aromatic rings. The molecule has 1 amide bonds. The normalized spacial score (nSPS) is 10.7. The molecule has 0 aliphatic heterocycles. The number of aryl methyl sites for hydroxylation is 2. The Morgan fingerprint density at radius 1 is 1.33 bits per heavy atom. The first-order valence-electron chi connectivity index (χ1n) is 5.71. The Hall–Kier alpha value is -2.11. The number of carbonyl (C=O) groups is 1. The maximum absolute atomic E-state index is 12.3. The summed E-state index contributed by atoms with van der Waals surface area (Å²) in [5.74, 6) is -0.0261. The summed E-state index contributed by atoms with van der Waals surface area (Å²) in [7, 11) is 5.47. The minimum atomic E-state index is -0.0261. The molecule has 0 aliphatic carbocycles. The van der Waals surface area contributed by atoms with E-state index in [2.05, 4.69) is 10.2 Å². The summed E-state index contributed by atoms with van der Waals surface area (Å²) < 4.78 is 3.46.